The molecule has 26 nitrogen and oxygen atoms in total. The lowest BCUT2D eigenvalue weighted by atomic mass is 10.0. The number of methoxy groups -OCH3 is 1. The molecule has 0 radical (unpaired) electrons. The number of fused-ring (bicyclic) bond motifs is 4. The van der Waals surface area contributed by atoms with Gasteiger partial charge in [0.05, 0.1) is 52.3 Å². The number of likely N-dealkylation sites (N-methyl/N-ethyl adjacent to an activating group) is 2. The number of ether oxygens (including phenoxy) is 1. The number of rotatable bonds is 17. The van der Waals surface area contributed by atoms with Gasteiger partial charge in [-0.1, -0.05) is 157 Å². The van der Waals surface area contributed by atoms with Crippen LogP contribution in [-0.4, -0.2) is 174 Å². The maximum absolute atomic E-state index is 15.6. The standard InChI is InChI=1S/C28H29ClN6O.C20H20ClN5O2.C20H20ClN5O.C19H17ClFN5O.4CH4/c1-18-25(19-9-11-20(29)12-10-19)26-27(30)31-17-32-28(26)35(18)23-7-4-6-22(16-23)34(3)24(36)8-5-15-33(2)21-13-14-21;1-3-15(27)25-9-8-14(10-25)26-19-17(18(22)23-11-24-19)16(20(26)28-2)12-4-6-13(21)7-5-12;1-3-16(27)25-9-8-15(10-25)26-12(2)17(13-4-6-14(21)7-5-13)18-19(22)23-11-24-20(18)26;1-2-14(27)25-8-7-13(9-25)26-17(21)15(11-3-5-12(20)6-4-11)16-18(22)23-10-24-19(16)26;;;;/h4-12,16-17,21H,13-15H2,1-3H3,(H2,30,31,32);3-7,11,14H,1,8-10H2,2H3,(H2,22,23,24);3-7,11,15H,1,8-10H2,2H3,(H2,22,23,24);2-6,10,13H,1,7-9H2,(H2,22,23,24);4*1H4/b8-5+;;;;;;;/t;14-;15-;13-;;;;/m.111..../s1. The summed E-state index contributed by atoms with van der Waals surface area (Å²) in [6, 6.07) is 38.1. The van der Waals surface area contributed by atoms with E-state index in [4.69, 9.17) is 74.1 Å². The Balaban J connectivity index is 0.000000170. The van der Waals surface area contributed by atoms with Crippen molar-refractivity contribution in [2.75, 3.05) is 94.9 Å². The van der Waals surface area contributed by atoms with E-state index in [0.717, 1.165) is 97.3 Å². The van der Waals surface area contributed by atoms with Crippen molar-refractivity contribution in [1.82, 2.24) is 77.7 Å². The number of nitrogens with two attached hydrogens (primary N) is 4. The molecule has 3 atom stereocenters. The highest BCUT2D eigenvalue weighted by molar-refractivity contribution is 6.31. The monoisotopic (exact) mass is 1730 g/mol. The second-order valence-corrected chi connectivity index (χ2v) is 30.8. The van der Waals surface area contributed by atoms with E-state index in [-0.39, 0.29) is 77.3 Å². The number of aromatic nitrogens is 12. The number of nitrogen functional groups attached to an aromatic ring is 4. The van der Waals surface area contributed by atoms with Crippen molar-refractivity contribution in [3.63, 3.8) is 0 Å². The van der Waals surface area contributed by atoms with Crippen molar-refractivity contribution >= 4 is 143 Å². The molecule has 11 heterocycles. The van der Waals surface area contributed by atoms with Gasteiger partial charge in [0.1, 0.15) is 65.5 Å². The van der Waals surface area contributed by atoms with Crippen molar-refractivity contribution in [2.24, 2.45) is 0 Å². The first-order valence-corrected chi connectivity index (χ1v) is 39.7. The van der Waals surface area contributed by atoms with Crippen LogP contribution in [0.5, 0.6) is 5.88 Å². The van der Waals surface area contributed by atoms with Crippen LogP contribution in [0.15, 0.2) is 197 Å². The summed E-state index contributed by atoms with van der Waals surface area (Å²) in [7, 11) is 5.50. The van der Waals surface area contributed by atoms with Crippen molar-refractivity contribution in [3.05, 3.63) is 234 Å². The van der Waals surface area contributed by atoms with E-state index in [1.54, 1.807) is 59.2 Å². The molecule has 5 aromatic carbocycles. The van der Waals surface area contributed by atoms with Crippen LogP contribution in [-0.2, 0) is 19.2 Å². The average Bonchev–Trinajstić information content (AvgIpc) is 1.59. The van der Waals surface area contributed by atoms with E-state index in [9.17, 15) is 19.2 Å². The molecule has 0 unspecified atom stereocenters. The van der Waals surface area contributed by atoms with Crippen LogP contribution in [0.4, 0.5) is 33.3 Å². The third-order valence-corrected chi connectivity index (χ3v) is 23.0. The molecule has 4 amide bonds. The highest BCUT2D eigenvalue weighted by atomic mass is 35.5. The molecule has 0 spiro atoms. The lowest BCUT2D eigenvalue weighted by molar-refractivity contribution is -0.125. The van der Waals surface area contributed by atoms with Gasteiger partial charge in [-0.25, -0.2) is 39.9 Å². The lowest BCUT2D eigenvalue weighted by Gasteiger charge is -2.18. The van der Waals surface area contributed by atoms with E-state index in [1.165, 1.54) is 60.9 Å². The molecule has 1 aliphatic carbocycles. The van der Waals surface area contributed by atoms with Crippen LogP contribution in [0.2, 0.25) is 20.1 Å². The van der Waals surface area contributed by atoms with Crippen LogP contribution in [0.1, 0.15) is 91.3 Å². The van der Waals surface area contributed by atoms with Gasteiger partial charge in [-0.3, -0.25) is 37.8 Å². The maximum Gasteiger partial charge on any atom is 0.250 e. The van der Waals surface area contributed by atoms with Crippen LogP contribution < -0.4 is 32.6 Å². The first-order valence-electron chi connectivity index (χ1n) is 38.1. The number of amides is 4. The molecule has 8 aromatic heterocycles. The zero-order valence-corrected chi connectivity index (χ0v) is 68.5. The van der Waals surface area contributed by atoms with E-state index in [0.29, 0.717) is 129 Å². The SMILES string of the molecule is C.C.C.C.C=CC(=O)N1CC[C@@H](n2c(C)c(-c3ccc(Cl)cc3)c3c(N)ncnc32)C1.C=CC(=O)N1CC[C@@H](n2c(F)c(-c3ccc(Cl)cc3)c3c(N)ncnc32)C1.C=CC(=O)N1CC[C@@H](n2c(OC)c(-c3ccc(Cl)cc3)c3c(N)ncnc32)C1.Cc1c(-c2ccc(Cl)cc2)c2c(N)ncnc2n1-c1cccc(N(C)C(=O)/C=C/CN(C)C2CC2)c1. The molecule has 13 aromatic rings. The van der Waals surface area contributed by atoms with Crippen LogP contribution in [0, 0.1) is 19.8 Å². The van der Waals surface area contributed by atoms with Crippen molar-refractivity contribution < 1.29 is 28.3 Å². The molecule has 0 bridgehead atoms. The fraction of sp³-hybridized carbons (Fsp3) is 0.275. The van der Waals surface area contributed by atoms with Gasteiger partial charge in [-0.05, 0) is 160 Å². The van der Waals surface area contributed by atoms with Gasteiger partial charge < -0.3 is 51.8 Å². The molecule has 4 fully saturated rings. The summed E-state index contributed by atoms with van der Waals surface area (Å²) in [5, 5.41) is 5.37. The first kappa shape index (κ1) is 91.8. The van der Waals surface area contributed by atoms with Gasteiger partial charge in [0, 0.05) is 125 Å². The third kappa shape index (κ3) is 18.4. The molecule has 3 aliphatic heterocycles. The Morgan fingerprint density at radius 3 is 1.27 bits per heavy atom. The van der Waals surface area contributed by atoms with Crippen molar-refractivity contribution in [2.45, 2.75) is 99.8 Å². The topological polar surface area (TPSA) is 321 Å². The number of nitrogens with zero attached hydrogens (tertiary/aromatic N) is 17. The third-order valence-electron chi connectivity index (χ3n) is 22.0. The zero-order valence-electron chi connectivity index (χ0n) is 65.5. The summed E-state index contributed by atoms with van der Waals surface area (Å²) in [4.78, 5) is 92.5. The minimum absolute atomic E-state index is 0. The van der Waals surface area contributed by atoms with Crippen molar-refractivity contribution in [3.8, 4) is 56.1 Å². The molecule has 636 valence electrons. The summed E-state index contributed by atoms with van der Waals surface area (Å²) in [5.74, 6) is 1.29. The maximum atomic E-state index is 15.6. The smallest absolute Gasteiger partial charge is 0.250 e. The van der Waals surface area contributed by atoms with Crippen molar-refractivity contribution in [1.29, 1.82) is 0 Å². The van der Waals surface area contributed by atoms with E-state index in [2.05, 4.69) is 87.6 Å². The molecule has 122 heavy (non-hydrogen) atoms. The van der Waals surface area contributed by atoms with E-state index in [1.807, 2.05) is 120 Å². The summed E-state index contributed by atoms with van der Waals surface area (Å²) in [6.07, 6.45) is 18.0. The van der Waals surface area contributed by atoms with Gasteiger partial charge in [0.25, 0.3) is 0 Å². The number of hydrogen-bond donors (Lipinski definition) is 4. The van der Waals surface area contributed by atoms with Crippen LogP contribution in [0.3, 0.4) is 0 Å². The minimum Gasteiger partial charge on any atom is -0.482 e. The zero-order chi connectivity index (χ0) is 83.5. The van der Waals surface area contributed by atoms with Crippen LogP contribution in [0.25, 0.3) is 94.3 Å². The number of carbonyl (C=O) groups excluding carboxylic acids is 4. The van der Waals surface area contributed by atoms with E-state index >= 15 is 4.39 Å². The number of benzene rings is 5. The largest absolute Gasteiger partial charge is 0.482 e. The van der Waals surface area contributed by atoms with E-state index < -0.39 is 5.95 Å². The summed E-state index contributed by atoms with van der Waals surface area (Å²) in [6.45, 7) is 19.0. The Labute approximate surface area is 729 Å². The lowest BCUT2D eigenvalue weighted by Crippen LogP contribution is -2.27. The molecule has 31 heteroatoms. The Morgan fingerprint density at radius 1 is 0.484 bits per heavy atom. The molecule has 3 saturated heterocycles. The normalized spacial score (nSPS) is 15.3. The number of halogens is 5. The Kier molecular flexibility index (Phi) is 29.6. The molecular formula is C91H102Cl4FN21O5. The second kappa shape index (κ2) is 39.3. The number of carbonyl (C=O) groups is 4. The molecule has 4 aliphatic rings. The molecule has 17 rings (SSSR count). The number of anilines is 5. The first-order chi connectivity index (χ1) is 56.9. The van der Waals surface area contributed by atoms with Gasteiger partial charge in [0.2, 0.25) is 35.5 Å². The van der Waals surface area contributed by atoms with Gasteiger partial charge >= 0.3 is 0 Å². The van der Waals surface area contributed by atoms with Crippen LogP contribution >= 0.6 is 46.4 Å². The number of hydrogen-bond acceptors (Lipinski definition) is 18. The Hall–Kier alpha value is -12.5. The van der Waals surface area contributed by atoms with Gasteiger partial charge in [0.15, 0.2) is 5.65 Å². The average molecular weight is 1730 g/mol. The highest BCUT2D eigenvalue weighted by Crippen LogP contribution is 2.47. The molecular weight excluding hydrogens is 1630 g/mol. The Bertz CT molecular complexity index is 5900. The highest BCUT2D eigenvalue weighted by Gasteiger charge is 2.37. The number of likely N-dealkylation sites (tertiary alicyclic amines) is 3. The minimum atomic E-state index is -0.447. The van der Waals surface area contributed by atoms with Gasteiger partial charge in [-0.2, -0.15) is 4.39 Å². The summed E-state index contributed by atoms with van der Waals surface area (Å²) in [5.41, 5.74) is 37.8. The predicted molar refractivity (Wildman–Crippen MR) is 493 cm³/mol. The molecule has 1 saturated carbocycles. The summed E-state index contributed by atoms with van der Waals surface area (Å²) < 4.78 is 29.2. The Morgan fingerprint density at radius 2 is 0.844 bits per heavy atom. The predicted octanol–water partition coefficient (Wildman–Crippen LogP) is 18.1. The summed E-state index contributed by atoms with van der Waals surface area (Å²) >= 11 is 24.2. The van der Waals surface area contributed by atoms with Gasteiger partial charge in [-0.15, -0.1) is 0 Å². The second-order valence-electron chi connectivity index (χ2n) is 29.1. The fourth-order valence-electron chi connectivity index (χ4n) is 16.0. The fourth-order valence-corrected chi connectivity index (χ4v) is 16.5. The molecule has 8 N–H and O–H groups in total. The quantitative estimate of drug-likeness (QED) is 0.0615.